The smallest absolute Gasteiger partial charge is 0.326 e. The van der Waals surface area contributed by atoms with Crippen molar-refractivity contribution in [2.75, 3.05) is 13.1 Å². The fourth-order valence-electron chi connectivity index (χ4n) is 3.84. The SMILES string of the molecule is NCCCCC(N)C(=O)NC(Cc1ccc(O)cc1)C(=O)NC(CCC(=O)O)C(=O)NC(CCCN=C(N)N)C(=O)O. The van der Waals surface area contributed by atoms with E-state index in [-0.39, 0.29) is 43.9 Å². The van der Waals surface area contributed by atoms with Crippen LogP contribution in [0.25, 0.3) is 0 Å². The summed E-state index contributed by atoms with van der Waals surface area (Å²) in [6.45, 7) is 0.549. The molecular weight excluding hydrogens is 552 g/mol. The maximum Gasteiger partial charge on any atom is 0.326 e. The number of aliphatic imine (C=N–C) groups is 1. The first-order valence-electron chi connectivity index (χ1n) is 13.5. The number of phenolic OH excluding ortho intramolecular Hbond substituents is 1. The third kappa shape index (κ3) is 14.3. The average Bonchev–Trinajstić information content (AvgIpc) is 2.92. The molecule has 16 heteroatoms. The van der Waals surface area contributed by atoms with Crippen molar-refractivity contribution in [3.05, 3.63) is 29.8 Å². The normalized spacial score (nSPS) is 13.6. The van der Waals surface area contributed by atoms with Crippen molar-refractivity contribution in [2.24, 2.45) is 27.9 Å². The number of carbonyl (C=O) groups excluding carboxylic acids is 3. The first-order valence-corrected chi connectivity index (χ1v) is 13.5. The van der Waals surface area contributed by atoms with Crippen LogP contribution in [0.4, 0.5) is 0 Å². The maximum atomic E-state index is 13.4. The second-order valence-electron chi connectivity index (χ2n) is 9.66. The molecule has 0 aliphatic heterocycles. The van der Waals surface area contributed by atoms with Crippen LogP contribution in [0.15, 0.2) is 29.3 Å². The molecule has 0 spiro atoms. The van der Waals surface area contributed by atoms with E-state index in [2.05, 4.69) is 20.9 Å². The van der Waals surface area contributed by atoms with Gasteiger partial charge in [-0.1, -0.05) is 18.6 Å². The monoisotopic (exact) mass is 594 g/mol. The predicted octanol–water partition coefficient (Wildman–Crippen LogP) is -2.15. The summed E-state index contributed by atoms with van der Waals surface area (Å²) in [6.07, 6.45) is 0.821. The Labute approximate surface area is 243 Å². The lowest BCUT2D eigenvalue weighted by atomic mass is 10.0. The van der Waals surface area contributed by atoms with E-state index in [0.29, 0.717) is 31.4 Å². The van der Waals surface area contributed by atoms with Gasteiger partial charge in [-0.2, -0.15) is 0 Å². The largest absolute Gasteiger partial charge is 0.508 e. The van der Waals surface area contributed by atoms with E-state index < -0.39 is 60.2 Å². The molecule has 0 saturated carbocycles. The van der Waals surface area contributed by atoms with Gasteiger partial charge in [0.2, 0.25) is 17.7 Å². The van der Waals surface area contributed by atoms with E-state index in [1.807, 2.05) is 0 Å². The fourth-order valence-corrected chi connectivity index (χ4v) is 3.84. The first kappa shape index (κ1) is 35.6. The van der Waals surface area contributed by atoms with Crippen molar-refractivity contribution in [3.8, 4) is 5.75 Å². The van der Waals surface area contributed by atoms with Gasteiger partial charge in [-0.3, -0.25) is 24.2 Å². The van der Waals surface area contributed by atoms with Crippen molar-refractivity contribution in [2.45, 2.75) is 75.5 Å². The highest BCUT2D eigenvalue weighted by Gasteiger charge is 2.30. The minimum atomic E-state index is -1.44. The van der Waals surface area contributed by atoms with Crippen LogP contribution in [-0.2, 0) is 30.4 Å². The summed E-state index contributed by atoms with van der Waals surface area (Å²) in [5.74, 6) is -5.15. The van der Waals surface area contributed by atoms with Crippen LogP contribution in [0.2, 0.25) is 0 Å². The molecule has 0 aliphatic rings. The van der Waals surface area contributed by atoms with Gasteiger partial charge in [0.25, 0.3) is 0 Å². The Morgan fingerprint density at radius 2 is 1.38 bits per heavy atom. The standard InChI is InChI=1S/C26H42N8O8/c27-12-2-1-4-17(28)22(38)34-20(14-15-6-8-16(35)9-7-15)24(40)32-18(10-11-21(36)37)23(39)33-19(25(41)42)5-3-13-31-26(29)30/h6-9,17-20,35H,1-5,10-14,27-28H2,(H,32,40)(H,33,39)(H,34,38)(H,36,37)(H,41,42)(H4,29,30,31). The lowest BCUT2D eigenvalue weighted by molar-refractivity contribution is -0.143. The highest BCUT2D eigenvalue weighted by Crippen LogP contribution is 2.12. The zero-order chi connectivity index (χ0) is 31.7. The third-order valence-corrected chi connectivity index (χ3v) is 6.15. The van der Waals surface area contributed by atoms with Crippen LogP contribution < -0.4 is 38.9 Å². The number of hydrogen-bond donors (Lipinski definition) is 10. The summed E-state index contributed by atoms with van der Waals surface area (Å²) in [5.41, 5.74) is 22.5. The molecule has 4 unspecified atom stereocenters. The van der Waals surface area contributed by atoms with Gasteiger partial charge in [-0.25, -0.2) is 4.79 Å². The number of rotatable bonds is 20. The summed E-state index contributed by atoms with van der Waals surface area (Å²) < 4.78 is 0. The number of amides is 3. The highest BCUT2D eigenvalue weighted by molar-refractivity contribution is 5.94. The van der Waals surface area contributed by atoms with Crippen LogP contribution in [0.3, 0.4) is 0 Å². The van der Waals surface area contributed by atoms with Gasteiger partial charge in [0.15, 0.2) is 5.96 Å². The Bertz CT molecular complexity index is 1080. The molecule has 4 atom stereocenters. The number of carboxylic acid groups (broad SMARTS) is 2. The highest BCUT2D eigenvalue weighted by atomic mass is 16.4. The van der Waals surface area contributed by atoms with Crippen LogP contribution in [0.5, 0.6) is 5.75 Å². The van der Waals surface area contributed by atoms with Crippen molar-refractivity contribution < 1.29 is 39.3 Å². The Hall–Kier alpha value is -4.44. The molecule has 42 heavy (non-hydrogen) atoms. The van der Waals surface area contributed by atoms with Gasteiger partial charge in [0, 0.05) is 19.4 Å². The Balaban J connectivity index is 3.11. The van der Waals surface area contributed by atoms with E-state index in [1.165, 1.54) is 24.3 Å². The molecule has 0 bridgehead atoms. The van der Waals surface area contributed by atoms with Gasteiger partial charge < -0.3 is 54.2 Å². The molecule has 1 aromatic carbocycles. The zero-order valence-electron chi connectivity index (χ0n) is 23.3. The van der Waals surface area contributed by atoms with E-state index in [1.54, 1.807) is 0 Å². The number of unbranched alkanes of at least 4 members (excludes halogenated alkanes) is 1. The fraction of sp³-hybridized carbons (Fsp3) is 0.538. The van der Waals surface area contributed by atoms with Gasteiger partial charge in [-0.15, -0.1) is 0 Å². The summed E-state index contributed by atoms with van der Waals surface area (Å²) >= 11 is 0. The minimum absolute atomic E-state index is 0.0117. The van der Waals surface area contributed by atoms with Crippen molar-refractivity contribution in [1.29, 1.82) is 0 Å². The molecule has 0 aliphatic carbocycles. The number of phenols is 1. The number of carbonyl (C=O) groups is 5. The molecule has 3 amide bonds. The average molecular weight is 595 g/mol. The van der Waals surface area contributed by atoms with Gasteiger partial charge >= 0.3 is 11.9 Å². The summed E-state index contributed by atoms with van der Waals surface area (Å²) in [5, 5.41) is 35.6. The summed E-state index contributed by atoms with van der Waals surface area (Å²) in [6, 6.07) is 0.889. The topological polar surface area (TPSA) is 299 Å². The predicted molar refractivity (Wildman–Crippen MR) is 153 cm³/mol. The Morgan fingerprint density at radius 1 is 0.786 bits per heavy atom. The molecule has 0 aromatic heterocycles. The minimum Gasteiger partial charge on any atom is -0.508 e. The number of carboxylic acids is 2. The molecule has 0 fully saturated rings. The number of aromatic hydroxyl groups is 1. The molecule has 234 valence electrons. The number of aliphatic carboxylic acids is 2. The quantitative estimate of drug-likeness (QED) is 0.0439. The molecule has 0 radical (unpaired) electrons. The van der Waals surface area contributed by atoms with Crippen molar-refractivity contribution in [1.82, 2.24) is 16.0 Å². The van der Waals surface area contributed by atoms with E-state index in [0.717, 1.165) is 0 Å². The second-order valence-corrected chi connectivity index (χ2v) is 9.66. The van der Waals surface area contributed by atoms with Crippen LogP contribution in [0, 0.1) is 0 Å². The molecule has 0 saturated heterocycles. The number of nitrogens with two attached hydrogens (primary N) is 4. The molecule has 14 N–H and O–H groups in total. The van der Waals surface area contributed by atoms with Crippen molar-refractivity contribution >= 4 is 35.6 Å². The van der Waals surface area contributed by atoms with Crippen LogP contribution >= 0.6 is 0 Å². The zero-order valence-corrected chi connectivity index (χ0v) is 23.3. The number of nitrogens with zero attached hydrogens (tertiary/aromatic N) is 1. The molecule has 1 rings (SSSR count). The van der Waals surface area contributed by atoms with Gasteiger partial charge in [0.05, 0.1) is 6.04 Å². The number of benzene rings is 1. The van der Waals surface area contributed by atoms with E-state index in [9.17, 15) is 34.2 Å². The lowest BCUT2D eigenvalue weighted by Gasteiger charge is -2.25. The third-order valence-electron chi connectivity index (χ3n) is 6.15. The van der Waals surface area contributed by atoms with Crippen LogP contribution in [0.1, 0.15) is 50.5 Å². The Morgan fingerprint density at radius 3 is 1.95 bits per heavy atom. The Kier molecular flexibility index (Phi) is 15.9. The molecule has 16 nitrogen and oxygen atoms in total. The number of guanidine groups is 1. The number of nitrogens with one attached hydrogen (secondary N) is 3. The number of hydrogen-bond acceptors (Lipinski definition) is 9. The van der Waals surface area contributed by atoms with Gasteiger partial charge in [0.1, 0.15) is 23.9 Å². The van der Waals surface area contributed by atoms with Crippen molar-refractivity contribution in [3.63, 3.8) is 0 Å². The summed E-state index contributed by atoms with van der Waals surface area (Å²) in [4.78, 5) is 65.9. The van der Waals surface area contributed by atoms with E-state index >= 15 is 0 Å². The van der Waals surface area contributed by atoms with Gasteiger partial charge in [-0.05, 0) is 56.3 Å². The second kappa shape index (κ2) is 18.8. The van der Waals surface area contributed by atoms with E-state index in [4.69, 9.17) is 28.0 Å². The molecular formula is C26H42N8O8. The van der Waals surface area contributed by atoms with Crippen LogP contribution in [-0.4, -0.2) is 88.2 Å². The molecule has 0 heterocycles. The molecule has 1 aromatic rings. The lowest BCUT2D eigenvalue weighted by Crippen LogP contribution is -2.57. The maximum absolute atomic E-state index is 13.4. The first-order chi connectivity index (χ1) is 19.8. The summed E-state index contributed by atoms with van der Waals surface area (Å²) in [7, 11) is 0.